The molecule has 4 rings (SSSR count). The minimum Gasteiger partial charge on any atom is -0.397 e. The Morgan fingerprint density at radius 2 is 2.19 bits per heavy atom. The molecule has 5 heteroatoms. The van der Waals surface area contributed by atoms with E-state index in [0.717, 1.165) is 26.9 Å². The first-order valence-electron chi connectivity index (χ1n) is 7.40. The molecule has 3 unspecified atom stereocenters. The first kappa shape index (κ1) is 13.6. The van der Waals surface area contributed by atoms with E-state index in [4.69, 9.17) is 5.73 Å². The topological polar surface area (TPSA) is 55.1 Å². The van der Waals surface area contributed by atoms with Crippen LogP contribution in [0.25, 0.3) is 10.1 Å². The number of amides is 1. The van der Waals surface area contributed by atoms with Gasteiger partial charge < -0.3 is 11.1 Å². The van der Waals surface area contributed by atoms with E-state index in [2.05, 4.69) is 21.2 Å². The zero-order valence-corrected chi connectivity index (χ0v) is 14.0. The number of hydrogen-bond acceptors (Lipinski definition) is 3. The molecular formula is C16H17BrN2OS. The van der Waals surface area contributed by atoms with Crippen molar-refractivity contribution >= 4 is 48.9 Å². The summed E-state index contributed by atoms with van der Waals surface area (Å²) < 4.78 is 2.05. The maximum atomic E-state index is 12.6. The highest BCUT2D eigenvalue weighted by atomic mass is 79.9. The van der Waals surface area contributed by atoms with Crippen LogP contribution in [0.1, 0.15) is 35.4 Å². The van der Waals surface area contributed by atoms with Gasteiger partial charge in [-0.15, -0.1) is 11.3 Å². The fraction of sp³-hybridized carbons (Fsp3) is 0.438. The molecule has 21 heavy (non-hydrogen) atoms. The number of fused-ring (bicyclic) bond motifs is 3. The zero-order chi connectivity index (χ0) is 14.6. The number of anilines is 1. The van der Waals surface area contributed by atoms with Gasteiger partial charge in [-0.25, -0.2) is 0 Å². The monoisotopic (exact) mass is 364 g/mol. The van der Waals surface area contributed by atoms with Crippen molar-refractivity contribution in [3.8, 4) is 0 Å². The maximum absolute atomic E-state index is 12.6. The van der Waals surface area contributed by atoms with E-state index in [9.17, 15) is 4.79 Å². The predicted molar refractivity (Wildman–Crippen MR) is 90.6 cm³/mol. The second-order valence-corrected chi connectivity index (χ2v) is 8.21. The lowest BCUT2D eigenvalue weighted by molar-refractivity contribution is 0.0928. The molecule has 2 aliphatic carbocycles. The van der Waals surface area contributed by atoms with E-state index in [1.165, 1.54) is 30.6 Å². The molecule has 3 N–H and O–H groups in total. The molecule has 1 amide bonds. The summed E-state index contributed by atoms with van der Waals surface area (Å²) in [5.41, 5.74) is 6.80. The van der Waals surface area contributed by atoms with Gasteiger partial charge in [-0.3, -0.25) is 4.79 Å². The summed E-state index contributed by atoms with van der Waals surface area (Å²) in [6.45, 7) is 0. The van der Waals surface area contributed by atoms with Crippen molar-refractivity contribution in [3.63, 3.8) is 0 Å². The van der Waals surface area contributed by atoms with Crippen LogP contribution in [0.2, 0.25) is 0 Å². The Hall–Kier alpha value is -1.07. The minimum absolute atomic E-state index is 0.00220. The second kappa shape index (κ2) is 4.99. The lowest BCUT2D eigenvalue weighted by Gasteiger charge is -2.22. The number of nitrogens with two attached hydrogens (primary N) is 1. The summed E-state index contributed by atoms with van der Waals surface area (Å²) in [4.78, 5) is 13.2. The van der Waals surface area contributed by atoms with Crippen LogP contribution in [0.3, 0.4) is 0 Å². The van der Waals surface area contributed by atoms with E-state index in [1.807, 2.05) is 18.2 Å². The summed E-state index contributed by atoms with van der Waals surface area (Å²) in [5.74, 6) is 1.52. The Balaban J connectivity index is 1.61. The van der Waals surface area contributed by atoms with Gasteiger partial charge in [-0.05, 0) is 49.3 Å². The third-order valence-corrected chi connectivity index (χ3v) is 6.63. The van der Waals surface area contributed by atoms with E-state index in [1.54, 1.807) is 0 Å². The van der Waals surface area contributed by atoms with Gasteiger partial charge in [0, 0.05) is 20.6 Å². The molecule has 2 aliphatic rings. The number of nitrogens with one attached hydrogen (secondary N) is 1. The van der Waals surface area contributed by atoms with Crippen LogP contribution in [-0.2, 0) is 0 Å². The van der Waals surface area contributed by atoms with Gasteiger partial charge in [0.2, 0.25) is 0 Å². The van der Waals surface area contributed by atoms with Crippen LogP contribution in [-0.4, -0.2) is 11.9 Å². The van der Waals surface area contributed by atoms with E-state index < -0.39 is 0 Å². The Labute approximate surface area is 136 Å². The molecule has 2 saturated carbocycles. The molecular weight excluding hydrogens is 348 g/mol. The standard InChI is InChI=1S/C16H17BrN2OS/c17-10-3-4-13-11(7-10)14(18)15(21-13)16(20)19-12-6-8-1-2-9(12)5-8/h3-4,7-9,12H,1-2,5-6,18H2,(H,19,20). The van der Waals surface area contributed by atoms with Gasteiger partial charge in [0.05, 0.1) is 5.69 Å². The Kier molecular flexibility index (Phi) is 3.23. The summed E-state index contributed by atoms with van der Waals surface area (Å²) in [6, 6.07) is 6.33. The molecule has 1 aromatic carbocycles. The average Bonchev–Trinajstić information content (AvgIpc) is 3.14. The number of carbonyl (C=O) groups is 1. The Morgan fingerprint density at radius 3 is 2.90 bits per heavy atom. The average molecular weight is 365 g/mol. The Morgan fingerprint density at radius 1 is 1.33 bits per heavy atom. The summed E-state index contributed by atoms with van der Waals surface area (Å²) in [6.07, 6.45) is 5.05. The van der Waals surface area contributed by atoms with E-state index in [-0.39, 0.29) is 5.91 Å². The number of carbonyl (C=O) groups excluding carboxylic acids is 1. The van der Waals surface area contributed by atoms with Crippen LogP contribution < -0.4 is 11.1 Å². The van der Waals surface area contributed by atoms with Crippen molar-refractivity contribution in [1.29, 1.82) is 0 Å². The fourth-order valence-electron chi connectivity index (χ4n) is 3.91. The van der Waals surface area contributed by atoms with Crippen LogP contribution in [0, 0.1) is 11.8 Å². The van der Waals surface area contributed by atoms with Crippen molar-refractivity contribution in [2.75, 3.05) is 5.73 Å². The third-order valence-electron chi connectivity index (χ3n) is 4.95. The largest absolute Gasteiger partial charge is 0.397 e. The molecule has 0 spiro atoms. The quantitative estimate of drug-likeness (QED) is 0.840. The summed E-state index contributed by atoms with van der Waals surface area (Å²) in [7, 11) is 0. The number of halogens is 1. The highest BCUT2D eigenvalue weighted by molar-refractivity contribution is 9.10. The fourth-order valence-corrected chi connectivity index (χ4v) is 5.28. The van der Waals surface area contributed by atoms with Gasteiger partial charge in [0.15, 0.2) is 0 Å². The normalized spacial score (nSPS) is 27.4. The summed E-state index contributed by atoms with van der Waals surface area (Å²) in [5, 5.41) is 4.19. The highest BCUT2D eigenvalue weighted by Gasteiger charge is 2.40. The first-order chi connectivity index (χ1) is 10.1. The molecule has 0 radical (unpaired) electrons. The van der Waals surface area contributed by atoms with Crippen LogP contribution >= 0.6 is 27.3 Å². The van der Waals surface area contributed by atoms with Crippen molar-refractivity contribution in [3.05, 3.63) is 27.5 Å². The van der Waals surface area contributed by atoms with Gasteiger partial charge in [0.1, 0.15) is 4.88 Å². The van der Waals surface area contributed by atoms with Crippen molar-refractivity contribution in [1.82, 2.24) is 5.32 Å². The molecule has 2 fully saturated rings. The van der Waals surface area contributed by atoms with E-state index >= 15 is 0 Å². The first-order valence-corrected chi connectivity index (χ1v) is 9.01. The van der Waals surface area contributed by atoms with Crippen molar-refractivity contribution < 1.29 is 4.79 Å². The molecule has 0 aliphatic heterocycles. The minimum atomic E-state index is 0.00220. The molecule has 2 bridgehead atoms. The number of hydrogen-bond donors (Lipinski definition) is 2. The number of nitrogen functional groups attached to an aromatic ring is 1. The maximum Gasteiger partial charge on any atom is 0.263 e. The lowest BCUT2D eigenvalue weighted by Crippen LogP contribution is -2.38. The van der Waals surface area contributed by atoms with Gasteiger partial charge in [-0.2, -0.15) is 0 Å². The second-order valence-electron chi connectivity index (χ2n) is 6.24. The molecule has 3 nitrogen and oxygen atoms in total. The third kappa shape index (κ3) is 2.27. The van der Waals surface area contributed by atoms with E-state index in [0.29, 0.717) is 22.5 Å². The molecule has 110 valence electrons. The highest BCUT2D eigenvalue weighted by Crippen LogP contribution is 2.44. The smallest absolute Gasteiger partial charge is 0.263 e. The molecule has 1 heterocycles. The van der Waals surface area contributed by atoms with Gasteiger partial charge in [-0.1, -0.05) is 22.4 Å². The molecule has 2 aromatic rings. The number of rotatable bonds is 2. The zero-order valence-electron chi connectivity index (χ0n) is 11.6. The van der Waals surface area contributed by atoms with Gasteiger partial charge in [0.25, 0.3) is 5.91 Å². The molecule has 3 atom stereocenters. The lowest BCUT2D eigenvalue weighted by atomic mass is 9.95. The van der Waals surface area contributed by atoms with Crippen LogP contribution in [0.4, 0.5) is 5.69 Å². The molecule has 1 aromatic heterocycles. The van der Waals surface area contributed by atoms with Crippen LogP contribution in [0.5, 0.6) is 0 Å². The number of thiophene rings is 1. The summed E-state index contributed by atoms with van der Waals surface area (Å²) >= 11 is 4.94. The predicted octanol–water partition coefficient (Wildman–Crippen LogP) is 4.16. The SMILES string of the molecule is Nc1c(C(=O)NC2CC3CCC2C3)sc2ccc(Br)cc12. The van der Waals surface area contributed by atoms with Crippen molar-refractivity contribution in [2.24, 2.45) is 11.8 Å². The number of benzene rings is 1. The van der Waals surface area contributed by atoms with Gasteiger partial charge >= 0.3 is 0 Å². The van der Waals surface area contributed by atoms with Crippen molar-refractivity contribution in [2.45, 2.75) is 31.7 Å². The Bertz CT molecular complexity index is 726. The molecule has 0 saturated heterocycles. The van der Waals surface area contributed by atoms with Crippen LogP contribution in [0.15, 0.2) is 22.7 Å².